The molecule has 68 valence electrons. The van der Waals surface area contributed by atoms with E-state index in [1.54, 1.807) is 0 Å². The smallest absolute Gasteiger partial charge is 0.133 e. The highest BCUT2D eigenvalue weighted by Gasteiger charge is 2.13. The summed E-state index contributed by atoms with van der Waals surface area (Å²) in [5, 5.41) is 8.37. The minimum absolute atomic E-state index is 0.984. The molecule has 0 spiro atoms. The number of hydrogen-bond acceptors (Lipinski definition) is 2. The van der Waals surface area contributed by atoms with Gasteiger partial charge in [0.2, 0.25) is 0 Å². The quantitative estimate of drug-likeness (QED) is 0.405. The van der Waals surface area contributed by atoms with E-state index in [1.165, 1.54) is 17.4 Å². The molecule has 1 aliphatic rings. The fourth-order valence-corrected chi connectivity index (χ4v) is 1.84. The second kappa shape index (κ2) is 3.62. The van der Waals surface area contributed by atoms with Crippen molar-refractivity contribution in [3.05, 3.63) is 41.7 Å². The lowest BCUT2D eigenvalue weighted by molar-refractivity contribution is -0.186. The molecule has 0 saturated carbocycles. The monoisotopic (exact) mass is 176 g/mol. The normalized spacial score (nSPS) is 18.4. The fraction of sp³-hybridized carbons (Fsp3) is 0.273. The first-order chi connectivity index (χ1) is 6.42. The van der Waals surface area contributed by atoms with Gasteiger partial charge in [-0.1, -0.05) is 24.3 Å². The molecule has 0 saturated heterocycles. The van der Waals surface area contributed by atoms with Crippen LogP contribution in [0.4, 0.5) is 0 Å². The van der Waals surface area contributed by atoms with Crippen molar-refractivity contribution >= 4 is 5.57 Å². The van der Waals surface area contributed by atoms with Gasteiger partial charge in [0, 0.05) is 0 Å². The molecule has 0 bridgehead atoms. The third-order valence-corrected chi connectivity index (χ3v) is 2.45. The summed E-state index contributed by atoms with van der Waals surface area (Å²) in [5.74, 6) is 0. The van der Waals surface area contributed by atoms with Gasteiger partial charge >= 0.3 is 0 Å². The van der Waals surface area contributed by atoms with Crippen LogP contribution < -0.4 is 0 Å². The third kappa shape index (κ3) is 1.58. The Bertz CT molecular complexity index is 329. The van der Waals surface area contributed by atoms with Gasteiger partial charge in [-0.15, -0.1) is 0 Å². The summed E-state index contributed by atoms with van der Waals surface area (Å²) in [4.78, 5) is 4.08. The number of benzene rings is 1. The highest BCUT2D eigenvalue weighted by atomic mass is 17.1. The Morgan fingerprint density at radius 2 is 2.08 bits per heavy atom. The van der Waals surface area contributed by atoms with Gasteiger partial charge in [0.15, 0.2) is 0 Å². The molecule has 0 fully saturated rings. The number of hydrogen-bond donors (Lipinski definition) is 1. The Hall–Kier alpha value is -1.28. The van der Waals surface area contributed by atoms with E-state index in [4.69, 9.17) is 5.26 Å². The molecule has 0 unspecified atom stereocenters. The summed E-state index contributed by atoms with van der Waals surface area (Å²) in [7, 11) is 0. The molecule has 2 nitrogen and oxygen atoms in total. The lowest BCUT2D eigenvalue weighted by atomic mass is 9.88. The summed E-state index contributed by atoms with van der Waals surface area (Å²) in [6.45, 7) is 0. The first-order valence-corrected chi connectivity index (χ1v) is 4.49. The van der Waals surface area contributed by atoms with Crippen LogP contribution in [0.3, 0.4) is 0 Å². The Kier molecular flexibility index (Phi) is 2.32. The van der Waals surface area contributed by atoms with Crippen LogP contribution in [0.2, 0.25) is 0 Å². The molecule has 0 amide bonds. The van der Waals surface area contributed by atoms with Crippen LogP contribution in [0, 0.1) is 0 Å². The van der Waals surface area contributed by atoms with E-state index in [-0.39, 0.29) is 0 Å². The SMILES string of the molecule is OO/C=C1\CCCc2ccccc21. The van der Waals surface area contributed by atoms with Crippen LogP contribution in [-0.4, -0.2) is 5.26 Å². The number of rotatable bonds is 1. The summed E-state index contributed by atoms with van der Waals surface area (Å²) < 4.78 is 0. The largest absolute Gasteiger partial charge is 0.348 e. The topological polar surface area (TPSA) is 29.5 Å². The minimum Gasteiger partial charge on any atom is -0.348 e. The van der Waals surface area contributed by atoms with Gasteiger partial charge in [-0.3, -0.25) is 0 Å². The van der Waals surface area contributed by atoms with Crippen molar-refractivity contribution in [3.63, 3.8) is 0 Å². The Morgan fingerprint density at radius 3 is 2.92 bits per heavy atom. The van der Waals surface area contributed by atoms with Gasteiger partial charge in [-0.05, 0) is 36.0 Å². The Balaban J connectivity index is 2.42. The maximum atomic E-state index is 8.37. The lowest BCUT2D eigenvalue weighted by Crippen LogP contribution is -2.01. The van der Waals surface area contributed by atoms with Crippen molar-refractivity contribution < 1.29 is 10.1 Å². The summed E-state index contributed by atoms with van der Waals surface area (Å²) >= 11 is 0. The zero-order chi connectivity index (χ0) is 9.10. The number of fused-ring (bicyclic) bond motifs is 1. The highest BCUT2D eigenvalue weighted by molar-refractivity contribution is 5.69. The standard InChI is InChI=1S/C11H12O2/c12-13-8-10-6-3-5-9-4-1-2-7-11(9)10/h1-2,4,7-8,12H,3,5-6H2/b10-8+. The van der Waals surface area contributed by atoms with Crippen molar-refractivity contribution in [2.24, 2.45) is 0 Å². The summed E-state index contributed by atoms with van der Waals surface area (Å²) in [6, 6.07) is 8.25. The molecule has 1 aromatic carbocycles. The zero-order valence-electron chi connectivity index (χ0n) is 7.36. The second-order valence-corrected chi connectivity index (χ2v) is 3.26. The van der Waals surface area contributed by atoms with E-state index in [0.29, 0.717) is 0 Å². The third-order valence-electron chi connectivity index (χ3n) is 2.45. The molecule has 0 heterocycles. The average Bonchev–Trinajstić information content (AvgIpc) is 2.19. The van der Waals surface area contributed by atoms with Gasteiger partial charge < -0.3 is 4.89 Å². The molecule has 0 radical (unpaired) electrons. The highest BCUT2D eigenvalue weighted by Crippen LogP contribution is 2.30. The van der Waals surface area contributed by atoms with Crippen molar-refractivity contribution in [3.8, 4) is 0 Å². The molecule has 13 heavy (non-hydrogen) atoms. The molecule has 0 atom stereocenters. The molecule has 1 N–H and O–H groups in total. The van der Waals surface area contributed by atoms with Crippen molar-refractivity contribution in [1.29, 1.82) is 0 Å². The second-order valence-electron chi connectivity index (χ2n) is 3.26. The maximum Gasteiger partial charge on any atom is 0.133 e. The molecule has 2 heteroatoms. The summed E-state index contributed by atoms with van der Waals surface area (Å²) in [5.41, 5.74) is 3.64. The van der Waals surface area contributed by atoms with Crippen LogP contribution in [-0.2, 0) is 11.3 Å². The van der Waals surface area contributed by atoms with Crippen molar-refractivity contribution in [1.82, 2.24) is 0 Å². The molecular formula is C11H12O2. The van der Waals surface area contributed by atoms with E-state index in [0.717, 1.165) is 24.8 Å². The van der Waals surface area contributed by atoms with E-state index < -0.39 is 0 Å². The van der Waals surface area contributed by atoms with E-state index >= 15 is 0 Å². The maximum absolute atomic E-state index is 8.37. The van der Waals surface area contributed by atoms with Gasteiger partial charge in [0.05, 0.1) is 0 Å². The minimum atomic E-state index is 0.984. The van der Waals surface area contributed by atoms with Crippen molar-refractivity contribution in [2.45, 2.75) is 19.3 Å². The fourth-order valence-electron chi connectivity index (χ4n) is 1.84. The predicted octanol–water partition coefficient (Wildman–Crippen LogP) is 2.85. The number of aryl methyl sites for hydroxylation is 1. The van der Waals surface area contributed by atoms with Crippen LogP contribution in [0.1, 0.15) is 24.0 Å². The van der Waals surface area contributed by atoms with Crippen molar-refractivity contribution in [2.75, 3.05) is 0 Å². The van der Waals surface area contributed by atoms with Crippen LogP contribution in [0.25, 0.3) is 5.57 Å². The Labute approximate surface area is 77.4 Å². The van der Waals surface area contributed by atoms with Gasteiger partial charge in [-0.25, -0.2) is 5.26 Å². The molecular weight excluding hydrogens is 164 g/mol. The molecule has 0 aromatic heterocycles. The molecule has 1 aliphatic carbocycles. The van der Waals surface area contributed by atoms with Gasteiger partial charge in [0.25, 0.3) is 0 Å². The zero-order valence-corrected chi connectivity index (χ0v) is 7.36. The summed E-state index contributed by atoms with van der Waals surface area (Å²) in [6.07, 6.45) is 4.67. The van der Waals surface area contributed by atoms with E-state index in [2.05, 4.69) is 17.0 Å². The molecule has 2 rings (SSSR count). The van der Waals surface area contributed by atoms with Gasteiger partial charge in [0.1, 0.15) is 6.26 Å². The first kappa shape index (κ1) is 8.32. The van der Waals surface area contributed by atoms with E-state index in [9.17, 15) is 0 Å². The van der Waals surface area contributed by atoms with Crippen LogP contribution >= 0.6 is 0 Å². The molecule has 0 aliphatic heterocycles. The Morgan fingerprint density at radius 1 is 1.23 bits per heavy atom. The molecule has 1 aromatic rings. The average molecular weight is 176 g/mol. The van der Waals surface area contributed by atoms with Crippen LogP contribution in [0.5, 0.6) is 0 Å². The lowest BCUT2D eigenvalue weighted by Gasteiger charge is -2.17. The first-order valence-electron chi connectivity index (χ1n) is 4.49. The van der Waals surface area contributed by atoms with Gasteiger partial charge in [-0.2, -0.15) is 0 Å². The van der Waals surface area contributed by atoms with E-state index in [1.807, 2.05) is 12.1 Å². The van der Waals surface area contributed by atoms with Crippen LogP contribution in [0.15, 0.2) is 30.5 Å². The predicted molar refractivity (Wildman–Crippen MR) is 51.1 cm³/mol. The number of allylic oxidation sites excluding steroid dienone is 1.